The highest BCUT2D eigenvalue weighted by molar-refractivity contribution is 7.90. The van der Waals surface area contributed by atoms with Crippen molar-refractivity contribution in [2.75, 3.05) is 13.1 Å². The Balaban J connectivity index is 1.38. The fraction of sp³-hybridized carbons (Fsp3) is 0.240. The molecule has 0 saturated carbocycles. The number of likely N-dealkylation sites (tertiary alicyclic amines) is 1. The molecule has 1 aliphatic rings. The predicted octanol–water partition coefficient (Wildman–Crippen LogP) is 3.86. The third-order valence-corrected chi connectivity index (χ3v) is 8.17. The van der Waals surface area contributed by atoms with Gasteiger partial charge in [-0.15, -0.1) is 5.10 Å². The first-order chi connectivity index (χ1) is 16.6. The molecule has 0 spiro atoms. The lowest BCUT2D eigenvalue weighted by Crippen LogP contribution is -2.36. The summed E-state index contributed by atoms with van der Waals surface area (Å²) in [5.41, 5.74) is 3.18. The maximum absolute atomic E-state index is 13.3. The highest BCUT2D eigenvalue weighted by atomic mass is 32.2. The summed E-state index contributed by atoms with van der Waals surface area (Å²) in [6, 6.07) is 20.8. The smallest absolute Gasteiger partial charge is 0.269 e. The quantitative estimate of drug-likeness (QED) is 0.386. The second-order valence-corrected chi connectivity index (χ2v) is 10.5. The van der Waals surface area contributed by atoms with Gasteiger partial charge in [0, 0.05) is 24.7 Å². The van der Waals surface area contributed by atoms with Crippen LogP contribution in [-0.4, -0.2) is 50.4 Å². The number of hydrogen-bond acceptors (Lipinski definition) is 6. The highest BCUT2D eigenvalue weighted by Crippen LogP contribution is 2.30. The molecule has 1 saturated heterocycles. The van der Waals surface area contributed by atoms with Gasteiger partial charge in [0.15, 0.2) is 5.65 Å². The first-order valence-corrected chi connectivity index (χ1v) is 12.8. The SMILES string of the molecule is O=S(=O)(c1ccccc1)n1ccc2c1ncc1nnn([C@@H]3CCCN(Cc4ccccc4)C3)c12. The minimum absolute atomic E-state index is 0.155. The Morgan fingerprint density at radius 2 is 1.74 bits per heavy atom. The van der Waals surface area contributed by atoms with Gasteiger partial charge in [-0.05, 0) is 43.1 Å². The Kier molecular flexibility index (Phi) is 5.15. The van der Waals surface area contributed by atoms with Gasteiger partial charge in [0.1, 0.15) is 11.0 Å². The zero-order valence-electron chi connectivity index (χ0n) is 18.5. The van der Waals surface area contributed by atoms with E-state index in [9.17, 15) is 8.42 Å². The second-order valence-electron chi connectivity index (χ2n) is 8.71. The lowest BCUT2D eigenvalue weighted by atomic mass is 10.0. The van der Waals surface area contributed by atoms with Gasteiger partial charge < -0.3 is 0 Å². The van der Waals surface area contributed by atoms with E-state index >= 15 is 0 Å². The summed E-state index contributed by atoms with van der Waals surface area (Å²) in [7, 11) is -3.76. The van der Waals surface area contributed by atoms with Crippen molar-refractivity contribution in [1.29, 1.82) is 0 Å². The van der Waals surface area contributed by atoms with Crippen molar-refractivity contribution in [1.82, 2.24) is 28.9 Å². The summed E-state index contributed by atoms with van der Waals surface area (Å²) in [6.45, 7) is 2.80. The average molecular weight is 473 g/mol. The molecule has 2 aromatic carbocycles. The predicted molar refractivity (Wildman–Crippen MR) is 130 cm³/mol. The van der Waals surface area contributed by atoms with Crippen LogP contribution in [0.5, 0.6) is 0 Å². The Bertz CT molecular complexity index is 1560. The number of aromatic nitrogens is 5. The van der Waals surface area contributed by atoms with Crippen LogP contribution in [0.1, 0.15) is 24.4 Å². The summed E-state index contributed by atoms with van der Waals surface area (Å²) < 4.78 is 29.7. The Hall–Kier alpha value is -3.56. The van der Waals surface area contributed by atoms with Crippen molar-refractivity contribution in [2.24, 2.45) is 0 Å². The Morgan fingerprint density at radius 3 is 2.53 bits per heavy atom. The van der Waals surface area contributed by atoms with Gasteiger partial charge >= 0.3 is 0 Å². The molecule has 5 aromatic rings. The minimum atomic E-state index is -3.76. The standard InChI is InChI=1S/C25H24N6O2S/c32-34(33,21-11-5-2-6-12-21)30-15-13-22-24-23(16-26-25(22)30)27-28-31(24)20-10-7-14-29(18-20)17-19-8-3-1-4-9-19/h1-6,8-9,11-13,15-16,20H,7,10,14,17-18H2/t20-/m1/s1. The summed E-state index contributed by atoms with van der Waals surface area (Å²) in [5.74, 6) is 0. The summed E-state index contributed by atoms with van der Waals surface area (Å²) >= 11 is 0. The third-order valence-electron chi connectivity index (χ3n) is 6.49. The van der Waals surface area contributed by atoms with Gasteiger partial charge in [-0.3, -0.25) is 4.90 Å². The number of fused-ring (bicyclic) bond motifs is 3. The maximum Gasteiger partial charge on any atom is 0.269 e. The van der Waals surface area contributed by atoms with Gasteiger partial charge in [-0.1, -0.05) is 53.7 Å². The molecule has 1 aliphatic heterocycles. The molecule has 0 N–H and O–H groups in total. The first-order valence-electron chi connectivity index (χ1n) is 11.4. The topological polar surface area (TPSA) is 85.9 Å². The van der Waals surface area contributed by atoms with E-state index < -0.39 is 10.0 Å². The number of rotatable bonds is 5. The fourth-order valence-electron chi connectivity index (χ4n) is 4.87. The van der Waals surface area contributed by atoms with Gasteiger partial charge in [-0.2, -0.15) is 0 Å². The molecule has 0 aliphatic carbocycles. The second kappa shape index (κ2) is 8.34. The minimum Gasteiger partial charge on any atom is -0.297 e. The van der Waals surface area contributed by atoms with E-state index in [4.69, 9.17) is 0 Å². The van der Waals surface area contributed by atoms with E-state index in [0.29, 0.717) is 11.2 Å². The van der Waals surface area contributed by atoms with Crippen LogP contribution in [0, 0.1) is 0 Å². The van der Waals surface area contributed by atoms with Crippen LogP contribution in [0.15, 0.2) is 84.0 Å². The molecule has 1 fully saturated rings. The van der Waals surface area contributed by atoms with E-state index in [1.807, 2.05) is 10.7 Å². The molecular formula is C25H24N6O2S. The van der Waals surface area contributed by atoms with Crippen molar-refractivity contribution in [3.63, 3.8) is 0 Å². The molecule has 0 radical (unpaired) electrons. The van der Waals surface area contributed by atoms with E-state index in [1.165, 1.54) is 9.54 Å². The number of piperidine rings is 1. The summed E-state index contributed by atoms with van der Waals surface area (Å²) in [5, 5.41) is 9.58. The molecule has 0 bridgehead atoms. The zero-order chi connectivity index (χ0) is 23.1. The van der Waals surface area contributed by atoms with Gasteiger partial charge in [0.25, 0.3) is 10.0 Å². The van der Waals surface area contributed by atoms with E-state index in [-0.39, 0.29) is 10.9 Å². The molecule has 4 heterocycles. The molecule has 172 valence electrons. The monoisotopic (exact) mass is 472 g/mol. The number of benzene rings is 2. The molecule has 8 nitrogen and oxygen atoms in total. The van der Waals surface area contributed by atoms with Crippen molar-refractivity contribution < 1.29 is 8.42 Å². The van der Waals surface area contributed by atoms with Gasteiger partial charge in [0.05, 0.1) is 17.1 Å². The average Bonchev–Trinajstić information content (AvgIpc) is 3.50. The van der Waals surface area contributed by atoms with Crippen LogP contribution >= 0.6 is 0 Å². The molecular weight excluding hydrogens is 448 g/mol. The molecule has 0 unspecified atom stereocenters. The Labute approximate surface area is 197 Å². The lowest BCUT2D eigenvalue weighted by molar-refractivity contribution is 0.164. The largest absolute Gasteiger partial charge is 0.297 e. The van der Waals surface area contributed by atoms with Crippen molar-refractivity contribution in [3.8, 4) is 0 Å². The van der Waals surface area contributed by atoms with E-state index in [1.54, 1.807) is 48.8 Å². The van der Waals surface area contributed by atoms with Crippen LogP contribution in [-0.2, 0) is 16.6 Å². The van der Waals surface area contributed by atoms with Gasteiger partial charge in [-0.25, -0.2) is 22.1 Å². The molecule has 34 heavy (non-hydrogen) atoms. The number of nitrogens with zero attached hydrogens (tertiary/aromatic N) is 6. The van der Waals surface area contributed by atoms with E-state index in [0.717, 1.165) is 43.4 Å². The molecule has 1 atom stereocenters. The van der Waals surface area contributed by atoms with Crippen LogP contribution in [0.3, 0.4) is 0 Å². The van der Waals surface area contributed by atoms with Crippen molar-refractivity contribution in [3.05, 3.63) is 84.7 Å². The molecule has 3 aromatic heterocycles. The van der Waals surface area contributed by atoms with Gasteiger partial charge in [0.2, 0.25) is 0 Å². The number of hydrogen-bond donors (Lipinski definition) is 0. The van der Waals surface area contributed by atoms with E-state index in [2.05, 4.69) is 44.5 Å². The zero-order valence-corrected chi connectivity index (χ0v) is 19.3. The molecule has 6 rings (SSSR count). The van der Waals surface area contributed by atoms with Crippen molar-refractivity contribution in [2.45, 2.75) is 30.3 Å². The lowest BCUT2D eigenvalue weighted by Gasteiger charge is -2.32. The van der Waals surface area contributed by atoms with Crippen LogP contribution in [0.2, 0.25) is 0 Å². The summed E-state index contributed by atoms with van der Waals surface area (Å²) in [4.78, 5) is 7.12. The molecule has 9 heteroatoms. The Morgan fingerprint density at radius 1 is 0.971 bits per heavy atom. The highest BCUT2D eigenvalue weighted by Gasteiger charge is 2.26. The van der Waals surface area contributed by atoms with Crippen LogP contribution in [0.4, 0.5) is 0 Å². The third kappa shape index (κ3) is 3.57. The van der Waals surface area contributed by atoms with Crippen LogP contribution in [0.25, 0.3) is 22.1 Å². The maximum atomic E-state index is 13.3. The van der Waals surface area contributed by atoms with Crippen LogP contribution < -0.4 is 0 Å². The fourth-order valence-corrected chi connectivity index (χ4v) is 6.19. The molecule has 0 amide bonds. The number of pyridine rings is 1. The normalized spacial score (nSPS) is 17.5. The summed E-state index contributed by atoms with van der Waals surface area (Å²) in [6.07, 6.45) is 5.25. The first kappa shape index (κ1) is 21.0. The van der Waals surface area contributed by atoms with Crippen molar-refractivity contribution >= 4 is 32.1 Å².